The van der Waals surface area contributed by atoms with Crippen LogP contribution in [-0.4, -0.2) is 55.9 Å². The monoisotopic (exact) mass is 242 g/mol. The number of methoxy groups -OCH3 is 1. The largest absolute Gasteiger partial charge is 0.381 e. The lowest BCUT2D eigenvalue weighted by molar-refractivity contribution is -0.145. The fraction of sp³-hybridized carbons (Fsp3) is 0.917. The van der Waals surface area contributed by atoms with Crippen LogP contribution in [0.25, 0.3) is 0 Å². The van der Waals surface area contributed by atoms with Gasteiger partial charge in [0, 0.05) is 26.7 Å². The SMILES string of the molecule is COC1CCN(C(=O)C2CCC(CN)O2)CC1. The molecule has 0 saturated carbocycles. The number of carbonyl (C=O) groups is 1. The molecule has 0 aliphatic carbocycles. The molecule has 5 nitrogen and oxygen atoms in total. The molecule has 0 spiro atoms. The summed E-state index contributed by atoms with van der Waals surface area (Å²) in [6, 6.07) is 0. The Bertz CT molecular complexity index is 264. The van der Waals surface area contributed by atoms with Crippen LogP contribution in [0.5, 0.6) is 0 Å². The molecule has 2 unspecified atom stereocenters. The standard InChI is InChI=1S/C12H22N2O3/c1-16-9-4-6-14(7-5-9)12(15)11-3-2-10(8-13)17-11/h9-11H,2-8,13H2,1H3. The van der Waals surface area contributed by atoms with Gasteiger partial charge < -0.3 is 20.1 Å². The first-order valence-corrected chi connectivity index (χ1v) is 6.41. The second-order valence-electron chi connectivity index (χ2n) is 4.82. The number of carbonyl (C=O) groups excluding carboxylic acids is 1. The summed E-state index contributed by atoms with van der Waals surface area (Å²) < 4.78 is 10.9. The van der Waals surface area contributed by atoms with Gasteiger partial charge in [-0.2, -0.15) is 0 Å². The van der Waals surface area contributed by atoms with Gasteiger partial charge in [0.15, 0.2) is 0 Å². The van der Waals surface area contributed by atoms with Crippen LogP contribution in [0.3, 0.4) is 0 Å². The number of hydrogen-bond donors (Lipinski definition) is 1. The molecule has 0 aromatic carbocycles. The Balaban J connectivity index is 1.81. The van der Waals surface area contributed by atoms with Gasteiger partial charge >= 0.3 is 0 Å². The highest BCUT2D eigenvalue weighted by atomic mass is 16.5. The molecule has 2 fully saturated rings. The maximum absolute atomic E-state index is 12.2. The zero-order valence-electron chi connectivity index (χ0n) is 10.4. The van der Waals surface area contributed by atoms with Crippen LogP contribution in [0.4, 0.5) is 0 Å². The van der Waals surface area contributed by atoms with Crippen LogP contribution >= 0.6 is 0 Å². The summed E-state index contributed by atoms with van der Waals surface area (Å²) >= 11 is 0. The zero-order chi connectivity index (χ0) is 12.3. The number of likely N-dealkylation sites (tertiary alicyclic amines) is 1. The lowest BCUT2D eigenvalue weighted by Gasteiger charge is -2.32. The first-order chi connectivity index (χ1) is 8.24. The third-order valence-electron chi connectivity index (χ3n) is 3.73. The highest BCUT2D eigenvalue weighted by molar-refractivity contribution is 5.81. The van der Waals surface area contributed by atoms with E-state index < -0.39 is 0 Å². The maximum Gasteiger partial charge on any atom is 0.251 e. The van der Waals surface area contributed by atoms with Crippen LogP contribution in [0.2, 0.25) is 0 Å². The van der Waals surface area contributed by atoms with Gasteiger partial charge in [0.05, 0.1) is 12.2 Å². The number of hydrogen-bond acceptors (Lipinski definition) is 4. The molecular formula is C12H22N2O3. The molecule has 5 heteroatoms. The van der Waals surface area contributed by atoms with Crippen molar-refractivity contribution < 1.29 is 14.3 Å². The van der Waals surface area contributed by atoms with Gasteiger partial charge in [-0.25, -0.2) is 0 Å². The van der Waals surface area contributed by atoms with Crippen LogP contribution < -0.4 is 5.73 Å². The highest BCUT2D eigenvalue weighted by Crippen LogP contribution is 2.22. The summed E-state index contributed by atoms with van der Waals surface area (Å²) in [5, 5.41) is 0. The predicted octanol–water partition coefficient (Wildman–Crippen LogP) is 0.130. The van der Waals surface area contributed by atoms with E-state index in [0.717, 1.165) is 38.8 Å². The average molecular weight is 242 g/mol. The molecule has 98 valence electrons. The molecule has 2 saturated heterocycles. The van der Waals surface area contributed by atoms with Gasteiger partial charge in [-0.05, 0) is 25.7 Å². The molecule has 0 aromatic rings. The fourth-order valence-electron chi connectivity index (χ4n) is 2.58. The van der Waals surface area contributed by atoms with Gasteiger partial charge in [0.1, 0.15) is 6.10 Å². The van der Waals surface area contributed by atoms with Gasteiger partial charge in [-0.15, -0.1) is 0 Å². The fourth-order valence-corrected chi connectivity index (χ4v) is 2.58. The number of piperidine rings is 1. The van der Waals surface area contributed by atoms with E-state index >= 15 is 0 Å². The van der Waals surface area contributed by atoms with E-state index in [9.17, 15) is 4.79 Å². The second kappa shape index (κ2) is 5.80. The third kappa shape index (κ3) is 2.97. The number of amides is 1. The highest BCUT2D eigenvalue weighted by Gasteiger charge is 2.34. The summed E-state index contributed by atoms with van der Waals surface area (Å²) in [5.74, 6) is 0.135. The van der Waals surface area contributed by atoms with Crippen molar-refractivity contribution in [3.8, 4) is 0 Å². The summed E-state index contributed by atoms with van der Waals surface area (Å²) in [6.45, 7) is 2.07. The van der Waals surface area contributed by atoms with Crippen LogP contribution in [-0.2, 0) is 14.3 Å². The Kier molecular flexibility index (Phi) is 4.36. The zero-order valence-corrected chi connectivity index (χ0v) is 10.4. The lowest BCUT2D eigenvalue weighted by atomic mass is 10.1. The van der Waals surface area contributed by atoms with E-state index in [1.165, 1.54) is 0 Å². The lowest BCUT2D eigenvalue weighted by Crippen LogP contribution is -2.45. The summed E-state index contributed by atoms with van der Waals surface area (Å²) in [7, 11) is 1.73. The maximum atomic E-state index is 12.2. The van der Waals surface area contributed by atoms with Crippen molar-refractivity contribution in [2.45, 2.75) is 44.0 Å². The van der Waals surface area contributed by atoms with Gasteiger partial charge in [-0.3, -0.25) is 4.79 Å². The minimum Gasteiger partial charge on any atom is -0.381 e. The van der Waals surface area contributed by atoms with Crippen molar-refractivity contribution in [1.29, 1.82) is 0 Å². The Morgan fingerprint density at radius 1 is 1.35 bits per heavy atom. The van der Waals surface area contributed by atoms with E-state index in [1.807, 2.05) is 4.90 Å². The Morgan fingerprint density at radius 2 is 2.06 bits per heavy atom. The number of nitrogens with zero attached hydrogens (tertiary/aromatic N) is 1. The first kappa shape index (κ1) is 12.8. The molecule has 2 aliphatic rings. The van der Waals surface area contributed by atoms with Crippen LogP contribution in [0.15, 0.2) is 0 Å². The van der Waals surface area contributed by atoms with Crippen molar-refractivity contribution >= 4 is 5.91 Å². The molecule has 0 aromatic heterocycles. The van der Waals surface area contributed by atoms with E-state index in [1.54, 1.807) is 7.11 Å². The molecule has 0 bridgehead atoms. The van der Waals surface area contributed by atoms with Crippen molar-refractivity contribution in [2.75, 3.05) is 26.7 Å². The van der Waals surface area contributed by atoms with Crippen molar-refractivity contribution in [3.63, 3.8) is 0 Å². The van der Waals surface area contributed by atoms with E-state index in [-0.39, 0.29) is 18.1 Å². The van der Waals surface area contributed by atoms with E-state index in [0.29, 0.717) is 12.6 Å². The molecule has 0 radical (unpaired) electrons. The summed E-state index contributed by atoms with van der Waals surface area (Å²) in [6.07, 6.45) is 3.68. The van der Waals surface area contributed by atoms with Crippen molar-refractivity contribution in [1.82, 2.24) is 4.90 Å². The van der Waals surface area contributed by atoms with Gasteiger partial charge in [-0.1, -0.05) is 0 Å². The molecular weight excluding hydrogens is 220 g/mol. The first-order valence-electron chi connectivity index (χ1n) is 6.41. The number of nitrogens with two attached hydrogens (primary N) is 1. The molecule has 2 heterocycles. The summed E-state index contributed by atoms with van der Waals surface area (Å²) in [4.78, 5) is 14.1. The molecule has 1 amide bonds. The van der Waals surface area contributed by atoms with Crippen LogP contribution in [0, 0.1) is 0 Å². The third-order valence-corrected chi connectivity index (χ3v) is 3.73. The predicted molar refractivity (Wildman–Crippen MR) is 63.6 cm³/mol. The Morgan fingerprint density at radius 3 is 2.59 bits per heavy atom. The average Bonchev–Trinajstić information content (AvgIpc) is 2.87. The smallest absolute Gasteiger partial charge is 0.251 e. The Labute approximate surface area is 102 Å². The van der Waals surface area contributed by atoms with Crippen LogP contribution in [0.1, 0.15) is 25.7 Å². The second-order valence-corrected chi connectivity index (χ2v) is 4.82. The van der Waals surface area contributed by atoms with E-state index in [2.05, 4.69) is 0 Å². The number of ether oxygens (including phenoxy) is 2. The topological polar surface area (TPSA) is 64.8 Å². The van der Waals surface area contributed by atoms with E-state index in [4.69, 9.17) is 15.2 Å². The number of rotatable bonds is 3. The summed E-state index contributed by atoms with van der Waals surface area (Å²) in [5.41, 5.74) is 5.54. The van der Waals surface area contributed by atoms with Gasteiger partial charge in [0.25, 0.3) is 5.91 Å². The van der Waals surface area contributed by atoms with Crippen molar-refractivity contribution in [2.24, 2.45) is 5.73 Å². The van der Waals surface area contributed by atoms with Crippen molar-refractivity contribution in [3.05, 3.63) is 0 Å². The molecule has 17 heavy (non-hydrogen) atoms. The Hall–Kier alpha value is -0.650. The molecule has 2 atom stereocenters. The minimum atomic E-state index is -0.261. The minimum absolute atomic E-state index is 0.0699. The molecule has 2 aliphatic heterocycles. The quantitative estimate of drug-likeness (QED) is 0.764. The normalized spacial score (nSPS) is 30.8. The molecule has 2 N–H and O–H groups in total. The van der Waals surface area contributed by atoms with Gasteiger partial charge in [0.2, 0.25) is 0 Å². The molecule has 2 rings (SSSR count).